The molecule has 3 aromatic rings. The second-order valence-electron chi connectivity index (χ2n) is 5.68. The van der Waals surface area contributed by atoms with Crippen LogP contribution < -0.4 is 0 Å². The van der Waals surface area contributed by atoms with E-state index in [2.05, 4.69) is 61.1 Å². The van der Waals surface area contributed by atoms with Crippen molar-refractivity contribution in [3.8, 4) is 0 Å². The quantitative estimate of drug-likeness (QED) is 0.590. The van der Waals surface area contributed by atoms with Crippen molar-refractivity contribution in [1.82, 2.24) is 9.55 Å². The molecule has 2 aromatic heterocycles. The summed E-state index contributed by atoms with van der Waals surface area (Å²) in [5.74, 6) is 1.86. The van der Waals surface area contributed by atoms with E-state index >= 15 is 0 Å². The lowest BCUT2D eigenvalue weighted by molar-refractivity contribution is 0.444. The number of nitrogens with zero attached hydrogens (tertiary/aromatic N) is 2. The van der Waals surface area contributed by atoms with E-state index in [-0.39, 0.29) is 6.04 Å². The number of alkyl halides is 1. The van der Waals surface area contributed by atoms with Crippen LogP contribution in [-0.2, 0) is 5.88 Å². The molecule has 0 amide bonds. The van der Waals surface area contributed by atoms with Crippen molar-refractivity contribution in [1.29, 1.82) is 0 Å². The van der Waals surface area contributed by atoms with Gasteiger partial charge in [0.05, 0.1) is 23.0 Å². The zero-order valence-electron chi connectivity index (χ0n) is 12.5. The molecule has 0 aliphatic carbocycles. The van der Waals surface area contributed by atoms with Crippen LogP contribution in [0.1, 0.15) is 36.2 Å². The number of rotatable bonds is 4. The molecule has 0 radical (unpaired) electrons. The maximum Gasteiger partial charge on any atom is 0.125 e. The fourth-order valence-corrected chi connectivity index (χ4v) is 4.10. The molecule has 3 rings (SSSR count). The van der Waals surface area contributed by atoms with Gasteiger partial charge < -0.3 is 4.57 Å². The number of hydrogen-bond acceptors (Lipinski definition) is 2. The number of fused-ring (bicyclic) bond motifs is 1. The number of halogens is 1. The van der Waals surface area contributed by atoms with Crippen molar-refractivity contribution in [3.05, 3.63) is 52.0 Å². The number of aromatic nitrogens is 2. The van der Waals surface area contributed by atoms with Gasteiger partial charge in [-0.05, 0) is 35.9 Å². The summed E-state index contributed by atoms with van der Waals surface area (Å²) in [5, 5.41) is 2.13. The van der Waals surface area contributed by atoms with Gasteiger partial charge in [0.2, 0.25) is 0 Å². The highest BCUT2D eigenvalue weighted by atomic mass is 35.5. The Labute approximate surface area is 134 Å². The summed E-state index contributed by atoms with van der Waals surface area (Å²) in [5.41, 5.74) is 3.44. The van der Waals surface area contributed by atoms with Crippen molar-refractivity contribution in [3.63, 3.8) is 0 Å². The van der Waals surface area contributed by atoms with Crippen LogP contribution in [0, 0.1) is 12.8 Å². The normalized spacial score (nSPS) is 13.2. The topological polar surface area (TPSA) is 17.8 Å². The van der Waals surface area contributed by atoms with Crippen molar-refractivity contribution >= 4 is 34.0 Å². The molecule has 2 nitrogen and oxygen atoms in total. The summed E-state index contributed by atoms with van der Waals surface area (Å²) in [6, 6.07) is 10.9. The molecule has 0 aliphatic rings. The first-order chi connectivity index (χ1) is 10.1. The van der Waals surface area contributed by atoms with Gasteiger partial charge in [-0.1, -0.05) is 32.0 Å². The summed E-state index contributed by atoms with van der Waals surface area (Å²) in [6.45, 7) is 6.61. The van der Waals surface area contributed by atoms with E-state index in [4.69, 9.17) is 16.6 Å². The van der Waals surface area contributed by atoms with Crippen molar-refractivity contribution in [2.24, 2.45) is 5.92 Å². The van der Waals surface area contributed by atoms with Gasteiger partial charge in [0.25, 0.3) is 0 Å². The molecule has 0 fully saturated rings. The molecule has 110 valence electrons. The Morgan fingerprint density at radius 3 is 2.67 bits per heavy atom. The average molecular weight is 319 g/mol. The zero-order valence-corrected chi connectivity index (χ0v) is 14.1. The second kappa shape index (κ2) is 5.82. The van der Waals surface area contributed by atoms with Crippen LogP contribution in [0.4, 0.5) is 0 Å². The Kier molecular flexibility index (Phi) is 4.05. The van der Waals surface area contributed by atoms with Gasteiger partial charge in [-0.25, -0.2) is 4.98 Å². The molecule has 0 aliphatic heterocycles. The highest BCUT2D eigenvalue weighted by Gasteiger charge is 2.24. The zero-order chi connectivity index (χ0) is 15.0. The van der Waals surface area contributed by atoms with Gasteiger partial charge in [0.15, 0.2) is 0 Å². The Hall–Kier alpha value is -1.32. The fourth-order valence-electron chi connectivity index (χ4n) is 2.92. The standard InChI is InChI=1S/C17H19ClN2S/c1-11(2)17(14-8-5-9-21-14)20-13-7-4-6-12(3)16(13)19-15(20)10-18/h4-9,11,17H,10H2,1-3H3. The average Bonchev–Trinajstić information content (AvgIpc) is 3.08. The van der Waals surface area contributed by atoms with E-state index < -0.39 is 0 Å². The molecule has 1 unspecified atom stereocenters. The molecule has 0 spiro atoms. The molecule has 4 heteroatoms. The van der Waals surface area contributed by atoms with E-state index in [1.165, 1.54) is 16.0 Å². The van der Waals surface area contributed by atoms with E-state index in [0.29, 0.717) is 11.8 Å². The number of imidazole rings is 1. The summed E-state index contributed by atoms with van der Waals surface area (Å²) >= 11 is 7.98. The van der Waals surface area contributed by atoms with Gasteiger partial charge in [0.1, 0.15) is 5.82 Å². The monoisotopic (exact) mass is 318 g/mol. The summed E-state index contributed by atoms with van der Waals surface area (Å²) in [6.07, 6.45) is 0. The van der Waals surface area contributed by atoms with Crippen LogP contribution in [0.5, 0.6) is 0 Å². The van der Waals surface area contributed by atoms with Crippen LogP contribution in [0.15, 0.2) is 35.7 Å². The molecule has 1 atom stereocenters. The summed E-state index contributed by atoms with van der Waals surface area (Å²) in [7, 11) is 0. The molecular weight excluding hydrogens is 300 g/mol. The Morgan fingerprint density at radius 1 is 1.24 bits per heavy atom. The molecule has 2 heterocycles. The first kappa shape index (κ1) is 14.6. The number of aryl methyl sites for hydroxylation is 1. The summed E-state index contributed by atoms with van der Waals surface area (Å²) < 4.78 is 2.33. The van der Waals surface area contributed by atoms with Crippen LogP contribution in [0.2, 0.25) is 0 Å². The number of hydrogen-bond donors (Lipinski definition) is 0. The minimum atomic E-state index is 0.283. The number of benzene rings is 1. The van der Waals surface area contributed by atoms with Crippen molar-refractivity contribution in [2.75, 3.05) is 0 Å². The second-order valence-corrected chi connectivity index (χ2v) is 6.93. The van der Waals surface area contributed by atoms with Crippen molar-refractivity contribution in [2.45, 2.75) is 32.7 Å². The molecule has 0 bridgehead atoms. The Bertz CT molecular complexity index is 744. The number of thiophene rings is 1. The third kappa shape index (κ3) is 2.49. The fraction of sp³-hybridized carbons (Fsp3) is 0.353. The van der Waals surface area contributed by atoms with Gasteiger partial charge in [-0.2, -0.15) is 0 Å². The van der Waals surface area contributed by atoms with Gasteiger partial charge in [-0.3, -0.25) is 0 Å². The first-order valence-corrected chi connectivity index (χ1v) is 8.60. The van der Waals surface area contributed by atoms with Gasteiger partial charge in [-0.15, -0.1) is 22.9 Å². The smallest absolute Gasteiger partial charge is 0.125 e. The van der Waals surface area contributed by atoms with Crippen LogP contribution in [0.25, 0.3) is 11.0 Å². The lowest BCUT2D eigenvalue weighted by Gasteiger charge is -2.24. The summed E-state index contributed by atoms with van der Waals surface area (Å²) in [4.78, 5) is 6.14. The van der Waals surface area contributed by atoms with Gasteiger partial charge in [0, 0.05) is 4.88 Å². The predicted molar refractivity (Wildman–Crippen MR) is 91.3 cm³/mol. The minimum Gasteiger partial charge on any atom is -0.318 e. The van der Waals surface area contributed by atoms with Gasteiger partial charge >= 0.3 is 0 Å². The van der Waals surface area contributed by atoms with Crippen LogP contribution in [0.3, 0.4) is 0 Å². The predicted octanol–water partition coefficient (Wildman–Crippen LogP) is 5.39. The molecule has 0 N–H and O–H groups in total. The maximum absolute atomic E-state index is 6.19. The Balaban J connectivity index is 2.29. The lowest BCUT2D eigenvalue weighted by Crippen LogP contribution is -2.17. The van der Waals surface area contributed by atoms with Crippen LogP contribution >= 0.6 is 22.9 Å². The third-order valence-corrected chi connectivity index (χ3v) is 5.04. The molecule has 1 aromatic carbocycles. The highest BCUT2D eigenvalue weighted by Crippen LogP contribution is 2.35. The maximum atomic E-state index is 6.19. The van der Waals surface area contributed by atoms with E-state index in [0.717, 1.165) is 11.3 Å². The van der Waals surface area contributed by atoms with E-state index in [1.807, 2.05) is 0 Å². The largest absolute Gasteiger partial charge is 0.318 e. The molecule has 21 heavy (non-hydrogen) atoms. The first-order valence-electron chi connectivity index (χ1n) is 7.19. The number of para-hydroxylation sites is 1. The van der Waals surface area contributed by atoms with Crippen molar-refractivity contribution < 1.29 is 0 Å². The highest BCUT2D eigenvalue weighted by molar-refractivity contribution is 7.10. The van der Waals surface area contributed by atoms with E-state index in [9.17, 15) is 0 Å². The SMILES string of the molecule is Cc1cccc2c1nc(CCl)n2C(c1cccs1)C(C)C. The van der Waals surface area contributed by atoms with E-state index in [1.54, 1.807) is 11.3 Å². The molecule has 0 saturated carbocycles. The lowest BCUT2D eigenvalue weighted by atomic mass is 10.0. The van der Waals surface area contributed by atoms with Crippen LogP contribution in [-0.4, -0.2) is 9.55 Å². The Morgan fingerprint density at radius 2 is 2.05 bits per heavy atom. The minimum absolute atomic E-state index is 0.283. The molecular formula is C17H19ClN2S. The third-order valence-electron chi connectivity index (χ3n) is 3.86. The molecule has 0 saturated heterocycles.